The second-order valence-corrected chi connectivity index (χ2v) is 5.72. The molecule has 0 atom stereocenters. The second kappa shape index (κ2) is 6.57. The first kappa shape index (κ1) is 15.3. The molecule has 20 heavy (non-hydrogen) atoms. The van der Waals surface area contributed by atoms with E-state index in [4.69, 9.17) is 23.2 Å². The highest BCUT2D eigenvalue weighted by Crippen LogP contribution is 2.23. The van der Waals surface area contributed by atoms with Gasteiger partial charge in [0.05, 0.1) is 10.7 Å². The lowest BCUT2D eigenvalue weighted by atomic mass is 10.1. The first-order valence-electron chi connectivity index (χ1n) is 5.91. The number of nitrogens with zero attached hydrogens (tertiary/aromatic N) is 2. The molecule has 0 radical (unpaired) electrons. The quantitative estimate of drug-likeness (QED) is 0.566. The number of carbonyl (C=O) groups is 1. The molecule has 0 amide bonds. The Labute approximate surface area is 135 Å². The van der Waals surface area contributed by atoms with Gasteiger partial charge in [0.15, 0.2) is 0 Å². The molecule has 0 bridgehead atoms. The maximum absolute atomic E-state index is 12.2. The van der Waals surface area contributed by atoms with Gasteiger partial charge in [0.25, 0.3) is 0 Å². The lowest BCUT2D eigenvalue weighted by Crippen LogP contribution is -2.07. The van der Waals surface area contributed by atoms with Crippen LogP contribution in [0.1, 0.15) is 23.0 Å². The summed E-state index contributed by atoms with van der Waals surface area (Å²) in [4.78, 5) is 12.2. The van der Waals surface area contributed by atoms with Gasteiger partial charge in [0, 0.05) is 16.6 Å². The molecule has 1 aromatic carbocycles. The second-order valence-electron chi connectivity index (χ2n) is 4.02. The fourth-order valence-electron chi connectivity index (χ4n) is 1.73. The molecule has 1 heterocycles. The third-order valence-electron chi connectivity index (χ3n) is 2.70. The zero-order valence-corrected chi connectivity index (χ0v) is 13.7. The number of aromatic nitrogens is 2. The van der Waals surface area contributed by atoms with E-state index in [9.17, 15) is 4.79 Å². The Balaban J connectivity index is 2.27. The van der Waals surface area contributed by atoms with Crippen molar-refractivity contribution in [2.45, 2.75) is 13.5 Å². The van der Waals surface area contributed by atoms with E-state index in [-0.39, 0.29) is 5.78 Å². The predicted octanol–water partition coefficient (Wildman–Crippen LogP) is 4.87. The van der Waals surface area contributed by atoms with Crippen molar-refractivity contribution < 1.29 is 4.79 Å². The summed E-state index contributed by atoms with van der Waals surface area (Å²) >= 11 is 15.2. The fraction of sp³-hybridized carbons (Fsp3) is 0.143. The number of hydrogen-bond donors (Lipinski definition) is 0. The van der Waals surface area contributed by atoms with Crippen LogP contribution < -0.4 is 0 Å². The van der Waals surface area contributed by atoms with Gasteiger partial charge in [-0.2, -0.15) is 5.10 Å². The van der Waals surface area contributed by atoms with Gasteiger partial charge in [-0.25, -0.2) is 0 Å². The minimum atomic E-state index is -0.137. The Bertz CT molecular complexity index is 680. The largest absolute Gasteiger partial charge is 0.288 e. The molecule has 6 heteroatoms. The number of ketones is 1. The smallest absolute Gasteiger partial charge is 0.205 e. The van der Waals surface area contributed by atoms with Gasteiger partial charge in [-0.05, 0) is 52.7 Å². The van der Waals surface area contributed by atoms with Crippen LogP contribution in [0.3, 0.4) is 0 Å². The van der Waals surface area contributed by atoms with Crippen molar-refractivity contribution in [2.24, 2.45) is 0 Å². The highest BCUT2D eigenvalue weighted by Gasteiger charge is 2.13. The van der Waals surface area contributed by atoms with Crippen molar-refractivity contribution in [2.75, 3.05) is 0 Å². The normalized spacial score (nSPS) is 11.2. The lowest BCUT2D eigenvalue weighted by Gasteiger charge is -2.02. The number of hydrogen-bond acceptors (Lipinski definition) is 2. The van der Waals surface area contributed by atoms with Crippen molar-refractivity contribution >= 4 is 51.0 Å². The third kappa shape index (κ3) is 3.32. The monoisotopic (exact) mass is 372 g/mol. The van der Waals surface area contributed by atoms with Gasteiger partial charge < -0.3 is 0 Å². The van der Waals surface area contributed by atoms with Crippen molar-refractivity contribution in [1.29, 1.82) is 0 Å². The van der Waals surface area contributed by atoms with E-state index >= 15 is 0 Å². The Kier molecular flexibility index (Phi) is 5.02. The van der Waals surface area contributed by atoms with Gasteiger partial charge in [0.2, 0.25) is 5.78 Å². The van der Waals surface area contributed by atoms with Crippen LogP contribution in [0, 0.1) is 0 Å². The Hall–Kier alpha value is -1.10. The van der Waals surface area contributed by atoms with Crippen LogP contribution in [0.5, 0.6) is 0 Å². The molecule has 104 valence electrons. The maximum Gasteiger partial charge on any atom is 0.205 e. The van der Waals surface area contributed by atoms with Crippen LogP contribution >= 0.6 is 39.1 Å². The van der Waals surface area contributed by atoms with Crippen LogP contribution in [0.2, 0.25) is 10.0 Å². The Morgan fingerprint density at radius 3 is 2.85 bits per heavy atom. The molecule has 0 aliphatic rings. The third-order valence-corrected chi connectivity index (χ3v) is 3.85. The van der Waals surface area contributed by atoms with Gasteiger partial charge in [-0.1, -0.05) is 29.3 Å². The summed E-state index contributed by atoms with van der Waals surface area (Å²) in [6, 6.07) is 5.13. The number of halogens is 3. The Morgan fingerprint density at radius 2 is 2.20 bits per heavy atom. The van der Waals surface area contributed by atoms with E-state index in [0.29, 0.717) is 26.8 Å². The Morgan fingerprint density at radius 1 is 1.45 bits per heavy atom. The van der Waals surface area contributed by atoms with Crippen molar-refractivity contribution in [3.05, 3.63) is 56.2 Å². The summed E-state index contributed by atoms with van der Waals surface area (Å²) < 4.78 is 2.32. The topological polar surface area (TPSA) is 34.9 Å². The first-order chi connectivity index (χ1) is 9.52. The summed E-state index contributed by atoms with van der Waals surface area (Å²) in [5.41, 5.74) is 1.26. The SMILES string of the molecule is CCn1ncc(Br)c1C(=O)/C=C/c1ccc(Cl)cc1Cl. The molecule has 0 saturated heterocycles. The molecular weight excluding hydrogens is 363 g/mol. The average Bonchev–Trinajstić information content (AvgIpc) is 2.78. The molecule has 0 unspecified atom stereocenters. The number of allylic oxidation sites excluding steroid dienone is 1. The minimum absolute atomic E-state index is 0.137. The molecule has 2 rings (SSSR count). The van der Waals surface area contributed by atoms with E-state index in [1.54, 1.807) is 35.2 Å². The van der Waals surface area contributed by atoms with Gasteiger partial charge >= 0.3 is 0 Å². The van der Waals surface area contributed by atoms with Crippen LogP contribution in [0.25, 0.3) is 6.08 Å². The maximum atomic E-state index is 12.2. The number of rotatable bonds is 4. The highest BCUT2D eigenvalue weighted by atomic mass is 79.9. The molecule has 0 spiro atoms. The molecule has 0 aliphatic heterocycles. The summed E-state index contributed by atoms with van der Waals surface area (Å²) in [7, 11) is 0. The van der Waals surface area contributed by atoms with Crippen LogP contribution in [-0.2, 0) is 6.54 Å². The number of aryl methyl sites for hydroxylation is 1. The standard InChI is InChI=1S/C14H11BrCl2N2O/c1-2-19-14(11(15)8-18-19)13(20)6-4-9-3-5-10(16)7-12(9)17/h3-8H,2H2,1H3/b6-4+. The minimum Gasteiger partial charge on any atom is -0.288 e. The molecule has 3 nitrogen and oxygen atoms in total. The molecule has 0 fully saturated rings. The van der Waals surface area contributed by atoms with E-state index in [0.717, 1.165) is 5.56 Å². The highest BCUT2D eigenvalue weighted by molar-refractivity contribution is 9.10. The van der Waals surface area contributed by atoms with Crippen molar-refractivity contribution in [3.8, 4) is 0 Å². The molecule has 0 N–H and O–H groups in total. The zero-order chi connectivity index (χ0) is 14.7. The van der Waals surface area contributed by atoms with Gasteiger partial charge in [-0.15, -0.1) is 0 Å². The van der Waals surface area contributed by atoms with Gasteiger partial charge in [0.1, 0.15) is 5.69 Å². The van der Waals surface area contributed by atoms with Crippen molar-refractivity contribution in [3.63, 3.8) is 0 Å². The summed E-state index contributed by atoms with van der Waals surface area (Å²) in [5, 5.41) is 5.18. The zero-order valence-electron chi connectivity index (χ0n) is 10.6. The molecule has 2 aromatic rings. The fourth-order valence-corrected chi connectivity index (χ4v) is 2.69. The van der Waals surface area contributed by atoms with Crippen LogP contribution in [-0.4, -0.2) is 15.6 Å². The van der Waals surface area contributed by atoms with Crippen molar-refractivity contribution in [1.82, 2.24) is 9.78 Å². The van der Waals surface area contributed by atoms with E-state index in [1.165, 1.54) is 6.08 Å². The number of carbonyl (C=O) groups excluding carboxylic acids is 1. The summed E-state index contributed by atoms with van der Waals surface area (Å²) in [6.45, 7) is 2.55. The van der Waals surface area contributed by atoms with Crippen LogP contribution in [0.15, 0.2) is 34.9 Å². The van der Waals surface area contributed by atoms with E-state index < -0.39 is 0 Å². The van der Waals surface area contributed by atoms with Gasteiger partial charge in [-0.3, -0.25) is 9.48 Å². The molecular formula is C14H11BrCl2N2O. The molecule has 1 aromatic heterocycles. The lowest BCUT2D eigenvalue weighted by molar-refractivity contribution is 0.103. The average molecular weight is 374 g/mol. The number of benzene rings is 1. The molecule has 0 saturated carbocycles. The van der Waals surface area contributed by atoms with E-state index in [2.05, 4.69) is 21.0 Å². The summed E-state index contributed by atoms with van der Waals surface area (Å²) in [6.07, 6.45) is 4.75. The van der Waals surface area contributed by atoms with E-state index in [1.807, 2.05) is 6.92 Å². The van der Waals surface area contributed by atoms with Crippen LogP contribution in [0.4, 0.5) is 0 Å². The predicted molar refractivity (Wildman–Crippen MR) is 85.4 cm³/mol. The molecule has 0 aliphatic carbocycles. The summed E-state index contributed by atoms with van der Waals surface area (Å²) in [5.74, 6) is -0.137. The first-order valence-corrected chi connectivity index (χ1v) is 7.46.